The van der Waals surface area contributed by atoms with Crippen LogP contribution in [0, 0.1) is 0 Å². The first-order valence-corrected chi connectivity index (χ1v) is 4.75. The quantitative estimate of drug-likeness (QED) is 0.766. The summed E-state index contributed by atoms with van der Waals surface area (Å²) in [6.45, 7) is 0. The number of aromatic nitrogens is 1. The van der Waals surface area contributed by atoms with E-state index in [0.717, 1.165) is 5.00 Å². The van der Waals surface area contributed by atoms with E-state index in [1.54, 1.807) is 17.5 Å². The van der Waals surface area contributed by atoms with Gasteiger partial charge in [-0.05, 0) is 29.6 Å². The molecule has 0 aliphatic heterocycles. The largest absolute Gasteiger partial charge is 0.396 e. The molecule has 0 bridgehead atoms. The molecule has 66 valence electrons. The van der Waals surface area contributed by atoms with Crippen LogP contribution in [0.4, 0.5) is 16.5 Å². The molecule has 3 N–H and O–H groups in total. The molecule has 0 saturated carbocycles. The Hall–Kier alpha value is -1.55. The third-order valence-electron chi connectivity index (χ3n) is 1.60. The van der Waals surface area contributed by atoms with Gasteiger partial charge in [-0.25, -0.2) is 4.98 Å². The summed E-state index contributed by atoms with van der Waals surface area (Å²) < 4.78 is 0. The van der Waals surface area contributed by atoms with Crippen molar-refractivity contribution in [3.63, 3.8) is 0 Å². The van der Waals surface area contributed by atoms with Gasteiger partial charge in [0.25, 0.3) is 0 Å². The Morgan fingerprint density at radius 3 is 2.92 bits per heavy atom. The summed E-state index contributed by atoms with van der Waals surface area (Å²) in [6, 6.07) is 7.60. The number of hydrogen-bond donors (Lipinski definition) is 2. The molecule has 2 heterocycles. The second kappa shape index (κ2) is 3.45. The molecule has 0 amide bonds. The summed E-state index contributed by atoms with van der Waals surface area (Å²) in [5.74, 6) is 0.713. The highest BCUT2D eigenvalue weighted by atomic mass is 32.1. The van der Waals surface area contributed by atoms with Gasteiger partial charge in [-0.3, -0.25) is 0 Å². The predicted molar refractivity (Wildman–Crippen MR) is 56.3 cm³/mol. The van der Waals surface area contributed by atoms with Crippen LogP contribution in [0.1, 0.15) is 0 Å². The molecule has 0 aliphatic carbocycles. The highest BCUT2D eigenvalue weighted by Crippen LogP contribution is 2.23. The second-order valence-corrected chi connectivity index (χ2v) is 3.49. The summed E-state index contributed by atoms with van der Waals surface area (Å²) in [6.07, 6.45) is 1.71. The number of thiophene rings is 1. The van der Waals surface area contributed by atoms with Gasteiger partial charge in [0.05, 0.1) is 10.7 Å². The molecule has 2 aromatic rings. The van der Waals surface area contributed by atoms with E-state index in [4.69, 9.17) is 5.73 Å². The van der Waals surface area contributed by atoms with Crippen LogP contribution < -0.4 is 11.1 Å². The van der Waals surface area contributed by atoms with Crippen molar-refractivity contribution in [3.05, 3.63) is 35.8 Å². The molecule has 0 fully saturated rings. The van der Waals surface area contributed by atoms with E-state index < -0.39 is 0 Å². The van der Waals surface area contributed by atoms with Crippen molar-refractivity contribution in [1.82, 2.24) is 4.98 Å². The first-order chi connectivity index (χ1) is 6.36. The van der Waals surface area contributed by atoms with Crippen LogP contribution in [0.15, 0.2) is 35.8 Å². The van der Waals surface area contributed by atoms with Crippen LogP contribution in [-0.4, -0.2) is 4.98 Å². The van der Waals surface area contributed by atoms with Crippen LogP contribution in [0.2, 0.25) is 0 Å². The zero-order valence-electron chi connectivity index (χ0n) is 6.90. The lowest BCUT2D eigenvalue weighted by Crippen LogP contribution is -1.96. The Bertz CT molecular complexity index is 384. The van der Waals surface area contributed by atoms with Crippen molar-refractivity contribution in [2.75, 3.05) is 11.1 Å². The van der Waals surface area contributed by atoms with Gasteiger partial charge in [-0.15, -0.1) is 11.3 Å². The Labute approximate surface area is 80.2 Å². The summed E-state index contributed by atoms with van der Waals surface area (Å²) >= 11 is 1.62. The molecule has 2 aromatic heterocycles. The smallest absolute Gasteiger partial charge is 0.154 e. The van der Waals surface area contributed by atoms with Crippen LogP contribution in [0.3, 0.4) is 0 Å². The number of nitrogens with one attached hydrogen (secondary N) is 1. The maximum Gasteiger partial charge on any atom is 0.154 e. The van der Waals surface area contributed by atoms with Crippen LogP contribution in [0.25, 0.3) is 0 Å². The third kappa shape index (κ3) is 1.78. The molecule has 0 saturated heterocycles. The van der Waals surface area contributed by atoms with Crippen molar-refractivity contribution in [2.24, 2.45) is 0 Å². The zero-order chi connectivity index (χ0) is 9.10. The molecule has 4 heteroatoms. The van der Waals surface area contributed by atoms with Crippen molar-refractivity contribution in [1.29, 1.82) is 0 Å². The summed E-state index contributed by atoms with van der Waals surface area (Å²) in [4.78, 5) is 4.12. The van der Waals surface area contributed by atoms with Crippen molar-refractivity contribution < 1.29 is 0 Å². The Morgan fingerprint density at radius 1 is 1.31 bits per heavy atom. The van der Waals surface area contributed by atoms with E-state index in [1.807, 2.05) is 29.6 Å². The highest BCUT2D eigenvalue weighted by molar-refractivity contribution is 7.14. The molecule has 0 unspecified atom stereocenters. The first-order valence-electron chi connectivity index (χ1n) is 3.87. The van der Waals surface area contributed by atoms with Gasteiger partial charge in [0.15, 0.2) is 5.82 Å². The van der Waals surface area contributed by atoms with E-state index >= 15 is 0 Å². The van der Waals surface area contributed by atoms with Crippen LogP contribution >= 0.6 is 11.3 Å². The molecular weight excluding hydrogens is 182 g/mol. The lowest BCUT2D eigenvalue weighted by Gasteiger charge is -2.04. The fourth-order valence-corrected chi connectivity index (χ4v) is 1.61. The van der Waals surface area contributed by atoms with E-state index in [9.17, 15) is 0 Å². The fourth-order valence-electron chi connectivity index (χ4n) is 0.989. The fraction of sp³-hybridized carbons (Fsp3) is 0. The highest BCUT2D eigenvalue weighted by Gasteiger charge is 1.99. The van der Waals surface area contributed by atoms with Gasteiger partial charge in [-0.2, -0.15) is 0 Å². The van der Waals surface area contributed by atoms with E-state index in [-0.39, 0.29) is 0 Å². The van der Waals surface area contributed by atoms with E-state index in [0.29, 0.717) is 11.5 Å². The standard InChI is InChI=1S/C9H9N3S/c10-7-3-1-5-11-9(7)12-8-4-2-6-13-8/h1-6H,10H2,(H,11,12). The molecule has 0 spiro atoms. The number of anilines is 3. The lowest BCUT2D eigenvalue weighted by atomic mass is 10.4. The van der Waals surface area contributed by atoms with Crippen molar-refractivity contribution in [2.45, 2.75) is 0 Å². The third-order valence-corrected chi connectivity index (χ3v) is 2.39. The van der Waals surface area contributed by atoms with Crippen LogP contribution in [0.5, 0.6) is 0 Å². The Morgan fingerprint density at radius 2 is 2.23 bits per heavy atom. The van der Waals surface area contributed by atoms with Gasteiger partial charge in [0, 0.05) is 6.20 Å². The molecule has 3 nitrogen and oxygen atoms in total. The Balaban J connectivity index is 2.24. The van der Waals surface area contributed by atoms with Gasteiger partial charge < -0.3 is 11.1 Å². The normalized spacial score (nSPS) is 9.85. The summed E-state index contributed by atoms with van der Waals surface area (Å²) in [7, 11) is 0. The van der Waals surface area contributed by atoms with E-state index in [2.05, 4.69) is 10.3 Å². The lowest BCUT2D eigenvalue weighted by molar-refractivity contribution is 1.32. The average Bonchev–Trinajstić information content (AvgIpc) is 2.61. The zero-order valence-corrected chi connectivity index (χ0v) is 7.71. The maximum atomic E-state index is 5.72. The van der Waals surface area contributed by atoms with E-state index in [1.165, 1.54) is 0 Å². The van der Waals surface area contributed by atoms with Crippen LogP contribution in [-0.2, 0) is 0 Å². The molecule has 0 radical (unpaired) electrons. The minimum Gasteiger partial charge on any atom is -0.396 e. The molecule has 13 heavy (non-hydrogen) atoms. The maximum absolute atomic E-state index is 5.72. The summed E-state index contributed by atoms with van der Waals surface area (Å²) in [5, 5.41) is 6.18. The minimum atomic E-state index is 0.663. The number of nitrogens with zero attached hydrogens (tertiary/aromatic N) is 1. The summed E-state index contributed by atoms with van der Waals surface area (Å²) in [5.41, 5.74) is 6.38. The molecular formula is C9H9N3S. The number of pyridine rings is 1. The second-order valence-electron chi connectivity index (χ2n) is 2.54. The molecule has 2 rings (SSSR count). The van der Waals surface area contributed by atoms with Gasteiger partial charge in [0.1, 0.15) is 0 Å². The number of nitrogens with two attached hydrogens (primary N) is 1. The first kappa shape index (κ1) is 8.07. The Kier molecular flexibility index (Phi) is 2.14. The minimum absolute atomic E-state index is 0.663. The van der Waals surface area contributed by atoms with Crippen molar-refractivity contribution >= 4 is 27.8 Å². The number of rotatable bonds is 2. The topological polar surface area (TPSA) is 50.9 Å². The predicted octanol–water partition coefficient (Wildman–Crippen LogP) is 2.47. The number of nitrogen functional groups attached to an aromatic ring is 1. The number of hydrogen-bond acceptors (Lipinski definition) is 4. The van der Waals surface area contributed by atoms with Gasteiger partial charge in [0.2, 0.25) is 0 Å². The molecule has 0 aromatic carbocycles. The molecule has 0 atom stereocenters. The SMILES string of the molecule is Nc1cccnc1Nc1cccs1. The average molecular weight is 191 g/mol. The molecule has 0 aliphatic rings. The van der Waals surface area contributed by atoms with Gasteiger partial charge >= 0.3 is 0 Å². The monoisotopic (exact) mass is 191 g/mol. The van der Waals surface area contributed by atoms with Crippen molar-refractivity contribution in [3.8, 4) is 0 Å². The van der Waals surface area contributed by atoms with Gasteiger partial charge in [-0.1, -0.05) is 0 Å².